The summed E-state index contributed by atoms with van der Waals surface area (Å²) in [6, 6.07) is 11.0. The number of aliphatic imine (C=N–C) groups is 1. The van der Waals surface area contributed by atoms with E-state index in [2.05, 4.69) is 15.6 Å². The number of amides is 1. The molecule has 0 atom stereocenters. The SMILES string of the molecule is COc1ccc(NC(N)=NCCNC(=O)c2ccccc2F)cc1OC. The van der Waals surface area contributed by atoms with Gasteiger partial charge in [0.25, 0.3) is 5.91 Å². The van der Waals surface area contributed by atoms with Gasteiger partial charge in [-0.2, -0.15) is 0 Å². The van der Waals surface area contributed by atoms with Gasteiger partial charge in [-0.1, -0.05) is 12.1 Å². The van der Waals surface area contributed by atoms with E-state index >= 15 is 0 Å². The van der Waals surface area contributed by atoms with Gasteiger partial charge in [0, 0.05) is 18.3 Å². The summed E-state index contributed by atoms with van der Waals surface area (Å²) in [7, 11) is 3.09. The average Bonchev–Trinajstić information content (AvgIpc) is 2.65. The fraction of sp³-hybridized carbons (Fsp3) is 0.222. The van der Waals surface area contributed by atoms with E-state index in [1.807, 2.05) is 0 Å². The summed E-state index contributed by atoms with van der Waals surface area (Å²) >= 11 is 0. The van der Waals surface area contributed by atoms with E-state index < -0.39 is 11.7 Å². The van der Waals surface area contributed by atoms with Crippen molar-refractivity contribution in [1.82, 2.24) is 5.32 Å². The van der Waals surface area contributed by atoms with Crippen LogP contribution in [0.4, 0.5) is 10.1 Å². The molecule has 26 heavy (non-hydrogen) atoms. The Morgan fingerprint density at radius 2 is 1.88 bits per heavy atom. The summed E-state index contributed by atoms with van der Waals surface area (Å²) in [6.45, 7) is 0.466. The van der Waals surface area contributed by atoms with Crippen LogP contribution in [-0.4, -0.2) is 39.2 Å². The summed E-state index contributed by atoms with van der Waals surface area (Å²) in [5, 5.41) is 5.50. The van der Waals surface area contributed by atoms with Crippen molar-refractivity contribution >= 4 is 17.6 Å². The predicted molar refractivity (Wildman–Crippen MR) is 98.4 cm³/mol. The maximum Gasteiger partial charge on any atom is 0.254 e. The molecule has 0 aromatic heterocycles. The fourth-order valence-corrected chi connectivity index (χ4v) is 2.19. The molecule has 0 aliphatic heterocycles. The molecular formula is C18H21FN4O3. The van der Waals surface area contributed by atoms with E-state index in [0.717, 1.165) is 0 Å². The lowest BCUT2D eigenvalue weighted by Gasteiger charge is -2.11. The minimum atomic E-state index is -0.567. The van der Waals surface area contributed by atoms with Crippen LogP contribution >= 0.6 is 0 Å². The first-order valence-electron chi connectivity index (χ1n) is 7.87. The quantitative estimate of drug-likeness (QED) is 0.399. The molecule has 0 saturated carbocycles. The van der Waals surface area contributed by atoms with E-state index in [-0.39, 0.29) is 24.6 Å². The molecule has 2 aromatic carbocycles. The topological polar surface area (TPSA) is 98.0 Å². The molecule has 0 aliphatic carbocycles. The number of methoxy groups -OCH3 is 2. The molecule has 0 aliphatic rings. The van der Waals surface area contributed by atoms with Gasteiger partial charge in [0.1, 0.15) is 5.82 Å². The Hall–Kier alpha value is -3.29. The largest absolute Gasteiger partial charge is 0.493 e. The van der Waals surface area contributed by atoms with Crippen molar-refractivity contribution in [2.75, 3.05) is 32.6 Å². The molecule has 0 fully saturated rings. The van der Waals surface area contributed by atoms with Crippen molar-refractivity contribution in [3.8, 4) is 11.5 Å². The normalized spacial score (nSPS) is 11.0. The second-order valence-electron chi connectivity index (χ2n) is 5.20. The Morgan fingerprint density at radius 1 is 1.15 bits per heavy atom. The zero-order valence-electron chi connectivity index (χ0n) is 14.6. The van der Waals surface area contributed by atoms with Crippen LogP contribution in [0, 0.1) is 5.82 Å². The standard InChI is InChI=1S/C18H21FN4O3/c1-25-15-8-7-12(11-16(15)26-2)23-18(20)22-10-9-21-17(24)13-5-3-4-6-14(13)19/h3-8,11H,9-10H2,1-2H3,(H,21,24)(H3,20,22,23). The molecule has 0 radical (unpaired) electrons. The van der Waals surface area contributed by atoms with E-state index in [1.54, 1.807) is 31.4 Å². The molecule has 2 aromatic rings. The zero-order valence-corrected chi connectivity index (χ0v) is 14.6. The zero-order chi connectivity index (χ0) is 18.9. The molecule has 0 heterocycles. The van der Waals surface area contributed by atoms with Crippen LogP contribution in [0.15, 0.2) is 47.5 Å². The van der Waals surface area contributed by atoms with Crippen molar-refractivity contribution in [3.63, 3.8) is 0 Å². The monoisotopic (exact) mass is 360 g/mol. The van der Waals surface area contributed by atoms with Gasteiger partial charge in [-0.15, -0.1) is 0 Å². The van der Waals surface area contributed by atoms with Gasteiger partial charge in [0.15, 0.2) is 17.5 Å². The number of guanidine groups is 1. The third-order valence-corrected chi connectivity index (χ3v) is 3.45. The van der Waals surface area contributed by atoms with Gasteiger partial charge in [0.2, 0.25) is 0 Å². The Bertz CT molecular complexity index is 796. The third kappa shape index (κ3) is 5.10. The fourth-order valence-electron chi connectivity index (χ4n) is 2.19. The van der Waals surface area contributed by atoms with E-state index in [9.17, 15) is 9.18 Å². The number of nitrogens with zero attached hydrogens (tertiary/aromatic N) is 1. The molecule has 2 rings (SSSR count). The van der Waals surface area contributed by atoms with Crippen LogP contribution in [0.1, 0.15) is 10.4 Å². The van der Waals surface area contributed by atoms with Crippen LogP contribution in [0.3, 0.4) is 0 Å². The summed E-state index contributed by atoms with van der Waals surface area (Å²) in [4.78, 5) is 16.0. The molecular weight excluding hydrogens is 339 g/mol. The van der Waals surface area contributed by atoms with Crippen LogP contribution in [0.5, 0.6) is 11.5 Å². The summed E-state index contributed by atoms with van der Waals surface area (Å²) in [5.74, 6) is 0.275. The number of nitrogens with one attached hydrogen (secondary N) is 2. The van der Waals surface area contributed by atoms with Gasteiger partial charge in [-0.05, 0) is 24.3 Å². The Labute approximate surface area is 151 Å². The number of rotatable bonds is 7. The van der Waals surface area contributed by atoms with Crippen molar-refractivity contribution in [1.29, 1.82) is 0 Å². The van der Waals surface area contributed by atoms with Gasteiger partial charge in [-0.3, -0.25) is 9.79 Å². The number of ether oxygens (including phenoxy) is 2. The summed E-state index contributed by atoms with van der Waals surface area (Å²) in [5.41, 5.74) is 6.49. The van der Waals surface area contributed by atoms with Gasteiger partial charge < -0.3 is 25.8 Å². The van der Waals surface area contributed by atoms with E-state index in [4.69, 9.17) is 15.2 Å². The minimum Gasteiger partial charge on any atom is -0.493 e. The summed E-state index contributed by atoms with van der Waals surface area (Å²) in [6.07, 6.45) is 0. The minimum absolute atomic E-state index is 0.00657. The van der Waals surface area contributed by atoms with Crippen molar-refractivity contribution in [2.45, 2.75) is 0 Å². The van der Waals surface area contributed by atoms with Crippen LogP contribution in [0.2, 0.25) is 0 Å². The molecule has 0 saturated heterocycles. The number of anilines is 1. The molecule has 7 nitrogen and oxygen atoms in total. The second kappa shape index (κ2) is 9.26. The highest BCUT2D eigenvalue weighted by Gasteiger charge is 2.09. The van der Waals surface area contributed by atoms with Crippen LogP contribution < -0.4 is 25.8 Å². The lowest BCUT2D eigenvalue weighted by atomic mass is 10.2. The molecule has 0 bridgehead atoms. The van der Waals surface area contributed by atoms with Gasteiger partial charge in [0.05, 0.1) is 26.3 Å². The number of carbonyl (C=O) groups is 1. The Morgan fingerprint density at radius 3 is 2.58 bits per heavy atom. The highest BCUT2D eigenvalue weighted by molar-refractivity contribution is 5.94. The number of hydrogen-bond donors (Lipinski definition) is 3. The van der Waals surface area contributed by atoms with E-state index in [1.165, 1.54) is 25.3 Å². The Kier molecular flexibility index (Phi) is 6.78. The van der Waals surface area contributed by atoms with Gasteiger partial charge >= 0.3 is 0 Å². The molecule has 138 valence electrons. The number of halogens is 1. The first-order chi connectivity index (χ1) is 12.5. The first kappa shape index (κ1) is 19.0. The molecule has 0 spiro atoms. The maximum atomic E-state index is 13.5. The predicted octanol–water partition coefficient (Wildman–Crippen LogP) is 2.00. The lowest BCUT2D eigenvalue weighted by Crippen LogP contribution is -2.29. The molecule has 0 unspecified atom stereocenters. The second-order valence-corrected chi connectivity index (χ2v) is 5.20. The number of nitrogens with two attached hydrogens (primary N) is 1. The highest BCUT2D eigenvalue weighted by Crippen LogP contribution is 2.29. The van der Waals surface area contributed by atoms with Crippen LogP contribution in [-0.2, 0) is 0 Å². The van der Waals surface area contributed by atoms with Crippen molar-refractivity contribution in [2.24, 2.45) is 10.7 Å². The van der Waals surface area contributed by atoms with Gasteiger partial charge in [-0.25, -0.2) is 4.39 Å². The van der Waals surface area contributed by atoms with E-state index in [0.29, 0.717) is 17.2 Å². The highest BCUT2D eigenvalue weighted by atomic mass is 19.1. The lowest BCUT2D eigenvalue weighted by molar-refractivity contribution is 0.0951. The summed E-state index contributed by atoms with van der Waals surface area (Å²) < 4.78 is 23.9. The molecule has 8 heteroatoms. The first-order valence-corrected chi connectivity index (χ1v) is 7.87. The average molecular weight is 360 g/mol. The third-order valence-electron chi connectivity index (χ3n) is 3.45. The smallest absolute Gasteiger partial charge is 0.254 e. The number of hydrogen-bond acceptors (Lipinski definition) is 4. The maximum absolute atomic E-state index is 13.5. The molecule has 4 N–H and O–H groups in total. The Balaban J connectivity index is 1.85. The van der Waals surface area contributed by atoms with Crippen LogP contribution in [0.25, 0.3) is 0 Å². The molecule has 1 amide bonds. The number of carbonyl (C=O) groups excluding carboxylic acids is 1. The number of benzene rings is 2. The van der Waals surface area contributed by atoms with Crippen molar-refractivity contribution in [3.05, 3.63) is 53.8 Å². The van der Waals surface area contributed by atoms with Crippen molar-refractivity contribution < 1.29 is 18.7 Å².